The van der Waals surface area contributed by atoms with Crippen LogP contribution in [-0.4, -0.2) is 41.3 Å². The van der Waals surface area contributed by atoms with Gasteiger partial charge >= 0.3 is 5.97 Å². The summed E-state index contributed by atoms with van der Waals surface area (Å²) in [6.07, 6.45) is -1.50. The van der Waals surface area contributed by atoms with Gasteiger partial charge in [-0.3, -0.25) is 4.79 Å². The summed E-state index contributed by atoms with van der Waals surface area (Å²) < 4.78 is 5.34. The molecule has 0 saturated heterocycles. The Labute approximate surface area is 117 Å². The first-order valence-corrected chi connectivity index (χ1v) is 6.27. The number of carboxylic acid groups (broad SMARTS) is 1. The van der Waals surface area contributed by atoms with Crippen LogP contribution in [0.25, 0.3) is 0 Å². The molecule has 0 aliphatic carbocycles. The summed E-state index contributed by atoms with van der Waals surface area (Å²) in [5.41, 5.74) is 2.09. The SMILES string of the molecule is Cc1cc(C)cc(OCC(=O)NCC[C@H](O)C(=O)O)c1. The number of rotatable bonds is 7. The molecule has 110 valence electrons. The standard InChI is InChI=1S/C14H19NO5/c1-9-5-10(2)7-11(6-9)20-8-13(17)15-4-3-12(16)14(18)19/h5-7,12,16H,3-4,8H2,1-2H3,(H,15,17)(H,18,19)/t12-/m0/s1. The highest BCUT2D eigenvalue weighted by atomic mass is 16.5. The van der Waals surface area contributed by atoms with E-state index in [9.17, 15) is 9.59 Å². The van der Waals surface area contributed by atoms with Gasteiger partial charge in [-0.15, -0.1) is 0 Å². The summed E-state index contributed by atoms with van der Waals surface area (Å²) in [4.78, 5) is 21.8. The number of hydrogen-bond donors (Lipinski definition) is 3. The fourth-order valence-corrected chi connectivity index (χ4v) is 1.69. The van der Waals surface area contributed by atoms with Crippen molar-refractivity contribution in [2.45, 2.75) is 26.4 Å². The van der Waals surface area contributed by atoms with Crippen LogP contribution < -0.4 is 10.1 Å². The molecule has 0 unspecified atom stereocenters. The van der Waals surface area contributed by atoms with E-state index in [1.807, 2.05) is 32.0 Å². The lowest BCUT2D eigenvalue weighted by Crippen LogP contribution is -2.33. The van der Waals surface area contributed by atoms with Gasteiger partial charge in [0.2, 0.25) is 0 Å². The molecule has 0 radical (unpaired) electrons. The highest BCUT2D eigenvalue weighted by molar-refractivity contribution is 5.77. The Bertz CT molecular complexity index is 466. The van der Waals surface area contributed by atoms with Gasteiger partial charge in [-0.1, -0.05) is 6.07 Å². The number of carboxylic acids is 1. The van der Waals surface area contributed by atoms with Crippen molar-refractivity contribution in [1.29, 1.82) is 0 Å². The fourth-order valence-electron chi connectivity index (χ4n) is 1.69. The van der Waals surface area contributed by atoms with Crippen molar-refractivity contribution < 1.29 is 24.5 Å². The third-order valence-corrected chi connectivity index (χ3v) is 2.59. The molecule has 20 heavy (non-hydrogen) atoms. The molecule has 1 rings (SSSR count). The molecule has 6 heteroatoms. The normalized spacial score (nSPS) is 11.8. The van der Waals surface area contributed by atoms with Crippen molar-refractivity contribution in [3.63, 3.8) is 0 Å². The number of aliphatic hydroxyl groups is 1. The first-order valence-electron chi connectivity index (χ1n) is 6.27. The molecule has 0 aliphatic heterocycles. The summed E-state index contributed by atoms with van der Waals surface area (Å²) in [6, 6.07) is 5.66. The lowest BCUT2D eigenvalue weighted by molar-refractivity contribution is -0.147. The Morgan fingerprint density at radius 1 is 1.25 bits per heavy atom. The molecule has 0 aliphatic rings. The lowest BCUT2D eigenvalue weighted by Gasteiger charge is -2.09. The topological polar surface area (TPSA) is 95.9 Å². The third kappa shape index (κ3) is 5.71. The maximum Gasteiger partial charge on any atom is 0.332 e. The van der Waals surface area contributed by atoms with Crippen LogP contribution in [0.5, 0.6) is 5.75 Å². The molecule has 0 bridgehead atoms. The monoisotopic (exact) mass is 281 g/mol. The van der Waals surface area contributed by atoms with Crippen molar-refractivity contribution in [3.05, 3.63) is 29.3 Å². The van der Waals surface area contributed by atoms with Crippen molar-refractivity contribution in [1.82, 2.24) is 5.32 Å². The first kappa shape index (κ1) is 16.0. The van der Waals surface area contributed by atoms with Gasteiger partial charge in [-0.2, -0.15) is 0 Å². The summed E-state index contributed by atoms with van der Waals surface area (Å²) >= 11 is 0. The quantitative estimate of drug-likeness (QED) is 0.681. The van der Waals surface area contributed by atoms with E-state index >= 15 is 0 Å². The minimum atomic E-state index is -1.46. The molecule has 0 fully saturated rings. The molecule has 1 aromatic carbocycles. The highest BCUT2D eigenvalue weighted by Gasteiger charge is 2.12. The van der Waals surface area contributed by atoms with Gasteiger partial charge in [0.15, 0.2) is 12.7 Å². The second kappa shape index (κ2) is 7.49. The largest absolute Gasteiger partial charge is 0.484 e. The molecule has 3 N–H and O–H groups in total. The molecular formula is C14H19NO5. The minimum Gasteiger partial charge on any atom is -0.484 e. The zero-order valence-corrected chi connectivity index (χ0v) is 11.5. The fraction of sp³-hybridized carbons (Fsp3) is 0.429. The van der Waals surface area contributed by atoms with Crippen LogP contribution in [0.1, 0.15) is 17.5 Å². The molecular weight excluding hydrogens is 262 g/mol. The van der Waals surface area contributed by atoms with Crippen molar-refractivity contribution in [2.75, 3.05) is 13.2 Å². The molecule has 0 aromatic heterocycles. The van der Waals surface area contributed by atoms with Gasteiger partial charge < -0.3 is 20.3 Å². The summed E-state index contributed by atoms with van der Waals surface area (Å²) in [7, 11) is 0. The maximum absolute atomic E-state index is 11.5. The van der Waals surface area contributed by atoms with E-state index in [0.29, 0.717) is 5.75 Å². The van der Waals surface area contributed by atoms with E-state index in [4.69, 9.17) is 14.9 Å². The summed E-state index contributed by atoms with van der Waals surface area (Å²) in [6.45, 7) is 3.81. The van der Waals surface area contributed by atoms with Gasteiger partial charge in [0.05, 0.1) is 0 Å². The number of carbonyl (C=O) groups is 2. The second-order valence-corrected chi connectivity index (χ2v) is 4.60. The third-order valence-electron chi connectivity index (χ3n) is 2.59. The van der Waals surface area contributed by atoms with Crippen molar-refractivity contribution in [3.8, 4) is 5.75 Å². The first-order chi connectivity index (χ1) is 9.38. The Morgan fingerprint density at radius 2 is 1.85 bits per heavy atom. The van der Waals surface area contributed by atoms with Crippen LogP contribution >= 0.6 is 0 Å². The Kier molecular flexibility index (Phi) is 5.99. The average molecular weight is 281 g/mol. The molecule has 0 saturated carbocycles. The van der Waals surface area contributed by atoms with Crippen molar-refractivity contribution >= 4 is 11.9 Å². The summed E-state index contributed by atoms with van der Waals surface area (Å²) in [5, 5.41) is 20.0. The number of aryl methyl sites for hydroxylation is 2. The van der Waals surface area contributed by atoms with E-state index < -0.39 is 12.1 Å². The highest BCUT2D eigenvalue weighted by Crippen LogP contribution is 2.15. The van der Waals surface area contributed by atoms with Gasteiger partial charge in [-0.05, 0) is 37.1 Å². The zero-order chi connectivity index (χ0) is 15.1. The van der Waals surface area contributed by atoms with Crippen LogP contribution in [0.2, 0.25) is 0 Å². The van der Waals surface area contributed by atoms with Gasteiger partial charge in [0.1, 0.15) is 5.75 Å². The maximum atomic E-state index is 11.5. The second-order valence-electron chi connectivity index (χ2n) is 4.60. The number of aliphatic hydroxyl groups excluding tert-OH is 1. The molecule has 0 heterocycles. The van der Waals surface area contributed by atoms with Crippen LogP contribution in [0.15, 0.2) is 18.2 Å². The van der Waals surface area contributed by atoms with E-state index in [1.54, 1.807) is 0 Å². The lowest BCUT2D eigenvalue weighted by atomic mass is 10.1. The zero-order valence-electron chi connectivity index (χ0n) is 11.5. The van der Waals surface area contributed by atoms with Crippen LogP contribution in [-0.2, 0) is 9.59 Å². The number of ether oxygens (including phenoxy) is 1. The predicted octanol–water partition coefficient (Wildman–Crippen LogP) is 0.634. The van der Waals surface area contributed by atoms with Crippen LogP contribution in [0.3, 0.4) is 0 Å². The molecule has 6 nitrogen and oxygen atoms in total. The number of benzene rings is 1. The van der Waals surface area contributed by atoms with Crippen LogP contribution in [0, 0.1) is 13.8 Å². The number of carbonyl (C=O) groups excluding carboxylic acids is 1. The Morgan fingerprint density at radius 3 is 2.40 bits per heavy atom. The molecule has 0 spiro atoms. The Balaban J connectivity index is 2.31. The number of amides is 1. The molecule has 1 amide bonds. The summed E-state index contributed by atoms with van der Waals surface area (Å²) in [5.74, 6) is -1.05. The molecule has 1 atom stereocenters. The van der Waals surface area contributed by atoms with E-state index in [-0.39, 0.29) is 25.5 Å². The minimum absolute atomic E-state index is 0.0371. The average Bonchev–Trinajstić information content (AvgIpc) is 2.35. The smallest absolute Gasteiger partial charge is 0.332 e. The number of aliphatic carboxylic acids is 1. The van der Waals surface area contributed by atoms with Gasteiger partial charge in [0, 0.05) is 13.0 Å². The van der Waals surface area contributed by atoms with E-state index in [0.717, 1.165) is 11.1 Å². The number of hydrogen-bond acceptors (Lipinski definition) is 4. The van der Waals surface area contributed by atoms with E-state index in [1.165, 1.54) is 0 Å². The van der Waals surface area contributed by atoms with E-state index in [2.05, 4.69) is 5.32 Å². The van der Waals surface area contributed by atoms with Crippen molar-refractivity contribution in [2.24, 2.45) is 0 Å². The van der Waals surface area contributed by atoms with Gasteiger partial charge in [-0.25, -0.2) is 4.79 Å². The van der Waals surface area contributed by atoms with Gasteiger partial charge in [0.25, 0.3) is 5.91 Å². The Hall–Kier alpha value is -2.08. The molecule has 1 aromatic rings. The number of nitrogens with one attached hydrogen (secondary N) is 1. The predicted molar refractivity (Wildman–Crippen MR) is 72.7 cm³/mol. The van der Waals surface area contributed by atoms with Crippen LogP contribution in [0.4, 0.5) is 0 Å².